The summed E-state index contributed by atoms with van der Waals surface area (Å²) in [5.74, 6) is 0.777. The number of thiazole rings is 1. The Morgan fingerprint density at radius 3 is 2.53 bits per heavy atom. The van der Waals surface area contributed by atoms with E-state index in [0.29, 0.717) is 6.54 Å². The minimum Gasteiger partial charge on any atom is -0.494 e. The molecule has 0 N–H and O–H groups in total. The highest BCUT2D eigenvalue weighted by molar-refractivity contribution is 7.22. The first-order valence-corrected chi connectivity index (χ1v) is 12.5. The lowest BCUT2D eigenvalue weighted by Gasteiger charge is -2.25. The molecule has 6 heteroatoms. The summed E-state index contributed by atoms with van der Waals surface area (Å²) in [5, 5.41) is 0.738. The minimum absolute atomic E-state index is 0.0289. The zero-order chi connectivity index (χ0) is 22.7. The minimum atomic E-state index is 0.0289. The van der Waals surface area contributed by atoms with Crippen LogP contribution in [0, 0.1) is 6.92 Å². The third-order valence-corrected chi connectivity index (χ3v) is 7.73. The van der Waals surface area contributed by atoms with Crippen LogP contribution in [-0.4, -0.2) is 49.1 Å². The van der Waals surface area contributed by atoms with Crippen molar-refractivity contribution in [2.24, 2.45) is 0 Å². The second-order valence-electron chi connectivity index (χ2n) is 8.43. The molecular formula is C26H33N3O2S. The summed E-state index contributed by atoms with van der Waals surface area (Å²) in [7, 11) is 1.67. The Labute approximate surface area is 195 Å². The average molecular weight is 452 g/mol. The van der Waals surface area contributed by atoms with Crippen molar-refractivity contribution in [2.45, 2.75) is 46.5 Å². The predicted molar refractivity (Wildman–Crippen MR) is 133 cm³/mol. The Morgan fingerprint density at radius 1 is 1.06 bits per heavy atom. The van der Waals surface area contributed by atoms with Crippen LogP contribution in [0.4, 0.5) is 5.13 Å². The van der Waals surface area contributed by atoms with Gasteiger partial charge in [-0.2, -0.15) is 0 Å². The zero-order valence-corrected chi connectivity index (χ0v) is 20.4. The van der Waals surface area contributed by atoms with Gasteiger partial charge in [-0.15, -0.1) is 0 Å². The van der Waals surface area contributed by atoms with Crippen LogP contribution in [0.1, 0.15) is 53.7 Å². The van der Waals surface area contributed by atoms with E-state index in [0.717, 1.165) is 64.7 Å². The maximum absolute atomic E-state index is 13.8. The van der Waals surface area contributed by atoms with Crippen LogP contribution in [0.15, 0.2) is 30.3 Å². The first kappa shape index (κ1) is 22.7. The second-order valence-corrected chi connectivity index (χ2v) is 9.41. The van der Waals surface area contributed by atoms with Crippen LogP contribution >= 0.6 is 11.3 Å². The number of benzene rings is 2. The molecule has 1 aliphatic carbocycles. The summed E-state index contributed by atoms with van der Waals surface area (Å²) in [5.41, 5.74) is 5.46. The maximum atomic E-state index is 13.8. The number of fused-ring (bicyclic) bond motifs is 2. The summed E-state index contributed by atoms with van der Waals surface area (Å²) in [4.78, 5) is 22.9. The molecular weight excluding hydrogens is 418 g/mol. The van der Waals surface area contributed by atoms with Gasteiger partial charge in [0.15, 0.2) is 5.13 Å². The van der Waals surface area contributed by atoms with Gasteiger partial charge in [-0.1, -0.05) is 37.3 Å². The average Bonchev–Trinajstić information content (AvgIpc) is 3.27. The lowest BCUT2D eigenvalue weighted by molar-refractivity contribution is 0.0983. The molecule has 0 spiro atoms. The third kappa shape index (κ3) is 4.52. The van der Waals surface area contributed by atoms with Gasteiger partial charge < -0.3 is 9.64 Å². The van der Waals surface area contributed by atoms with Crippen LogP contribution in [-0.2, 0) is 12.8 Å². The summed E-state index contributed by atoms with van der Waals surface area (Å²) >= 11 is 1.58. The fourth-order valence-corrected chi connectivity index (χ4v) is 5.54. The molecule has 1 amide bonds. The van der Waals surface area contributed by atoms with E-state index in [1.165, 1.54) is 24.0 Å². The summed E-state index contributed by atoms with van der Waals surface area (Å²) < 4.78 is 6.62. The van der Waals surface area contributed by atoms with Gasteiger partial charge >= 0.3 is 0 Å². The third-order valence-electron chi connectivity index (χ3n) is 6.52. The number of aromatic nitrogens is 1. The van der Waals surface area contributed by atoms with Crippen molar-refractivity contribution in [2.75, 3.05) is 38.2 Å². The molecule has 0 saturated heterocycles. The lowest BCUT2D eigenvalue weighted by atomic mass is 9.90. The van der Waals surface area contributed by atoms with Crippen molar-refractivity contribution in [3.8, 4) is 5.75 Å². The monoisotopic (exact) mass is 451 g/mol. The Morgan fingerprint density at radius 2 is 1.81 bits per heavy atom. The largest absolute Gasteiger partial charge is 0.494 e. The van der Waals surface area contributed by atoms with E-state index in [1.54, 1.807) is 18.4 Å². The molecule has 4 rings (SSSR count). The van der Waals surface area contributed by atoms with E-state index in [1.807, 2.05) is 17.0 Å². The van der Waals surface area contributed by atoms with E-state index < -0.39 is 0 Å². The van der Waals surface area contributed by atoms with E-state index in [2.05, 4.69) is 43.9 Å². The van der Waals surface area contributed by atoms with E-state index in [4.69, 9.17) is 9.72 Å². The molecule has 1 heterocycles. The van der Waals surface area contributed by atoms with Crippen LogP contribution in [0.5, 0.6) is 5.75 Å². The van der Waals surface area contributed by atoms with Crippen molar-refractivity contribution < 1.29 is 9.53 Å². The van der Waals surface area contributed by atoms with Gasteiger partial charge in [0.05, 0.1) is 11.8 Å². The van der Waals surface area contributed by atoms with Crippen LogP contribution < -0.4 is 9.64 Å². The van der Waals surface area contributed by atoms with Crippen molar-refractivity contribution in [3.05, 3.63) is 52.6 Å². The van der Waals surface area contributed by atoms with Crippen LogP contribution in [0.25, 0.3) is 10.2 Å². The number of methoxy groups -OCH3 is 1. The summed E-state index contributed by atoms with van der Waals surface area (Å²) in [6, 6.07) is 10.3. The number of nitrogens with zero attached hydrogens (tertiary/aromatic N) is 3. The molecule has 1 aliphatic rings. The number of likely N-dealkylation sites (N-methyl/N-ethyl adjacent to an activating group) is 1. The van der Waals surface area contributed by atoms with E-state index >= 15 is 0 Å². The van der Waals surface area contributed by atoms with Gasteiger partial charge in [-0.25, -0.2) is 4.98 Å². The topological polar surface area (TPSA) is 45.7 Å². The second kappa shape index (κ2) is 10.0. The van der Waals surface area contributed by atoms with Crippen LogP contribution in [0.2, 0.25) is 0 Å². The molecule has 0 bridgehead atoms. The quantitative estimate of drug-likeness (QED) is 0.455. The molecule has 32 heavy (non-hydrogen) atoms. The number of carbonyl (C=O) groups excluding carboxylic acids is 1. The van der Waals surface area contributed by atoms with Gasteiger partial charge in [-0.05, 0) is 80.6 Å². The molecule has 0 radical (unpaired) electrons. The highest BCUT2D eigenvalue weighted by atomic mass is 32.1. The first-order valence-electron chi connectivity index (χ1n) is 11.7. The SMILES string of the molecule is CCN(CC)CCN(C(=O)c1ccc2c(c1)CCCC2)c1nc2c(OC)ccc(C)c2s1. The predicted octanol–water partition coefficient (Wildman–Crippen LogP) is 5.48. The molecule has 0 unspecified atom stereocenters. The molecule has 0 atom stereocenters. The number of amides is 1. The molecule has 0 aliphatic heterocycles. The Hall–Kier alpha value is -2.44. The molecule has 5 nitrogen and oxygen atoms in total. The van der Waals surface area contributed by atoms with Crippen molar-refractivity contribution in [1.29, 1.82) is 0 Å². The van der Waals surface area contributed by atoms with Gasteiger partial charge in [0, 0.05) is 18.7 Å². The fourth-order valence-electron chi connectivity index (χ4n) is 4.47. The summed E-state index contributed by atoms with van der Waals surface area (Å²) in [6.45, 7) is 9.74. The number of carbonyl (C=O) groups is 1. The number of aryl methyl sites for hydroxylation is 3. The molecule has 0 saturated carbocycles. The fraction of sp³-hybridized carbons (Fsp3) is 0.462. The molecule has 1 aromatic heterocycles. The Bertz CT molecular complexity index is 1100. The van der Waals surface area contributed by atoms with Crippen molar-refractivity contribution >= 4 is 32.6 Å². The van der Waals surface area contributed by atoms with Gasteiger partial charge in [-0.3, -0.25) is 9.69 Å². The number of rotatable bonds is 8. The maximum Gasteiger partial charge on any atom is 0.260 e. The Kier molecular flexibility index (Phi) is 7.11. The number of anilines is 1. The summed E-state index contributed by atoms with van der Waals surface area (Å²) in [6.07, 6.45) is 4.62. The highest BCUT2D eigenvalue weighted by Gasteiger charge is 2.24. The molecule has 0 fully saturated rings. The van der Waals surface area contributed by atoms with Crippen LogP contribution in [0.3, 0.4) is 0 Å². The molecule has 170 valence electrons. The number of hydrogen-bond acceptors (Lipinski definition) is 5. The van der Waals surface area contributed by atoms with Gasteiger partial charge in [0.1, 0.15) is 11.3 Å². The number of hydrogen-bond donors (Lipinski definition) is 0. The smallest absolute Gasteiger partial charge is 0.260 e. The molecule has 3 aromatic rings. The van der Waals surface area contributed by atoms with Crippen molar-refractivity contribution in [1.82, 2.24) is 9.88 Å². The standard InChI is InChI=1S/C26H33N3O2S/c1-5-28(6-2)15-16-29(25(30)21-13-12-19-9-7-8-10-20(19)17-21)26-27-23-22(31-4)14-11-18(3)24(23)32-26/h11-14,17H,5-10,15-16H2,1-4H3. The lowest BCUT2D eigenvalue weighted by Crippen LogP contribution is -2.39. The number of ether oxygens (including phenoxy) is 1. The Balaban J connectivity index is 1.72. The van der Waals surface area contributed by atoms with E-state index in [9.17, 15) is 4.79 Å². The zero-order valence-electron chi connectivity index (χ0n) is 19.6. The van der Waals surface area contributed by atoms with E-state index in [-0.39, 0.29) is 5.91 Å². The van der Waals surface area contributed by atoms with Crippen molar-refractivity contribution in [3.63, 3.8) is 0 Å². The van der Waals surface area contributed by atoms with Gasteiger partial charge in [0.2, 0.25) is 0 Å². The first-order chi connectivity index (χ1) is 15.5. The normalized spacial score (nSPS) is 13.4. The van der Waals surface area contributed by atoms with Gasteiger partial charge in [0.25, 0.3) is 5.91 Å². The molecule has 2 aromatic carbocycles. The highest BCUT2D eigenvalue weighted by Crippen LogP contribution is 2.37.